The molecule has 1 atom stereocenters. The van der Waals surface area contributed by atoms with Gasteiger partial charge < -0.3 is 19.9 Å². The molecule has 1 fully saturated rings. The molecule has 8 heteroatoms. The third kappa shape index (κ3) is 7.31. The van der Waals surface area contributed by atoms with Crippen LogP contribution in [0.4, 0.5) is 10.5 Å². The van der Waals surface area contributed by atoms with Crippen molar-refractivity contribution in [1.29, 1.82) is 0 Å². The van der Waals surface area contributed by atoms with Gasteiger partial charge in [0.2, 0.25) is 5.91 Å². The van der Waals surface area contributed by atoms with E-state index in [1.807, 2.05) is 40.6 Å². The van der Waals surface area contributed by atoms with E-state index >= 15 is 0 Å². The van der Waals surface area contributed by atoms with E-state index in [0.717, 1.165) is 28.8 Å². The Bertz CT molecular complexity index is 1110. The number of amides is 3. The normalized spacial score (nSPS) is 15.1. The van der Waals surface area contributed by atoms with Gasteiger partial charge >= 0.3 is 6.03 Å². The van der Waals surface area contributed by atoms with Gasteiger partial charge in [0.15, 0.2) is 0 Å². The number of urea groups is 1. The van der Waals surface area contributed by atoms with Gasteiger partial charge in [-0.2, -0.15) is 0 Å². The maximum absolute atomic E-state index is 13.6. The van der Waals surface area contributed by atoms with Gasteiger partial charge in [-0.25, -0.2) is 4.79 Å². The predicted molar refractivity (Wildman–Crippen MR) is 141 cm³/mol. The zero-order valence-corrected chi connectivity index (χ0v) is 21.4. The molecular weight excluding hydrogens is 482 g/mol. The van der Waals surface area contributed by atoms with Crippen LogP contribution >= 0.6 is 22.9 Å². The summed E-state index contributed by atoms with van der Waals surface area (Å²) < 4.78 is 5.78. The highest BCUT2D eigenvalue weighted by atomic mass is 35.5. The van der Waals surface area contributed by atoms with Crippen LogP contribution in [0, 0.1) is 6.92 Å². The van der Waals surface area contributed by atoms with E-state index in [4.69, 9.17) is 16.3 Å². The molecule has 6 nitrogen and oxygen atoms in total. The molecule has 1 aliphatic rings. The zero-order valence-electron chi connectivity index (χ0n) is 19.8. The van der Waals surface area contributed by atoms with Gasteiger partial charge in [0, 0.05) is 35.3 Å². The first-order valence-corrected chi connectivity index (χ1v) is 13.0. The molecule has 3 amide bonds. The monoisotopic (exact) mass is 511 g/mol. The Kier molecular flexibility index (Phi) is 8.79. The van der Waals surface area contributed by atoms with Crippen molar-refractivity contribution >= 4 is 40.6 Å². The summed E-state index contributed by atoms with van der Waals surface area (Å²) in [5, 5.41) is 5.53. The van der Waals surface area contributed by atoms with Gasteiger partial charge in [-0.15, -0.1) is 11.3 Å². The summed E-state index contributed by atoms with van der Waals surface area (Å²) in [5.41, 5.74) is 2.84. The van der Waals surface area contributed by atoms with Crippen molar-refractivity contribution in [2.75, 3.05) is 25.0 Å². The number of rotatable bonds is 9. The summed E-state index contributed by atoms with van der Waals surface area (Å²) in [6, 6.07) is 18.6. The Morgan fingerprint density at radius 1 is 1.06 bits per heavy atom. The van der Waals surface area contributed by atoms with E-state index in [1.165, 1.54) is 0 Å². The van der Waals surface area contributed by atoms with Crippen molar-refractivity contribution in [3.63, 3.8) is 0 Å². The molecule has 2 heterocycles. The number of anilines is 1. The lowest BCUT2D eigenvalue weighted by atomic mass is 10.2. The number of carbonyl (C=O) groups excluding carboxylic acids is 2. The number of nitrogens with zero attached hydrogens (tertiary/aromatic N) is 2. The summed E-state index contributed by atoms with van der Waals surface area (Å²) in [4.78, 5) is 31.4. The lowest BCUT2D eigenvalue weighted by Gasteiger charge is -2.29. The highest BCUT2D eigenvalue weighted by Gasteiger charge is 2.27. The molecule has 0 spiro atoms. The highest BCUT2D eigenvalue weighted by Crippen LogP contribution is 2.21. The molecular formula is C27H30ClN3O3S. The van der Waals surface area contributed by atoms with E-state index in [2.05, 4.69) is 18.3 Å². The molecule has 3 aromatic rings. The second-order valence-corrected chi connectivity index (χ2v) is 10.2. The number of hydrogen-bond acceptors (Lipinski definition) is 4. The number of aryl methyl sites for hydroxylation is 1. The standard InChI is InChI=1S/C27H30ClN3O3S/c1-20-13-15-35-25(20)18-30(16-21-6-3-2-4-7-21)26(32)19-31(17-24-8-5-14-34-24)27(33)29-23-11-9-22(28)10-12-23/h2-4,6-7,9-13,15,24H,5,8,14,16-19H2,1H3,(H,29,33). The van der Waals surface area contributed by atoms with Crippen LogP contribution < -0.4 is 5.32 Å². The Morgan fingerprint density at radius 2 is 1.83 bits per heavy atom. The minimum atomic E-state index is -0.330. The molecule has 1 unspecified atom stereocenters. The summed E-state index contributed by atoms with van der Waals surface area (Å²) in [7, 11) is 0. The largest absolute Gasteiger partial charge is 0.376 e. The molecule has 0 saturated carbocycles. The minimum Gasteiger partial charge on any atom is -0.376 e. The topological polar surface area (TPSA) is 61.9 Å². The molecule has 184 valence electrons. The van der Waals surface area contributed by atoms with Crippen LogP contribution in [0.2, 0.25) is 5.02 Å². The van der Waals surface area contributed by atoms with Crippen LogP contribution in [-0.4, -0.2) is 47.5 Å². The quantitative estimate of drug-likeness (QED) is 0.386. The smallest absolute Gasteiger partial charge is 0.322 e. The van der Waals surface area contributed by atoms with Gasteiger partial charge in [0.1, 0.15) is 6.54 Å². The number of halogens is 1. The highest BCUT2D eigenvalue weighted by molar-refractivity contribution is 7.10. The molecule has 0 aliphatic carbocycles. The predicted octanol–water partition coefficient (Wildman–Crippen LogP) is 5.95. The van der Waals surface area contributed by atoms with Crippen molar-refractivity contribution < 1.29 is 14.3 Å². The molecule has 1 N–H and O–H groups in total. The number of benzene rings is 2. The number of thiophene rings is 1. The van der Waals surface area contributed by atoms with Gasteiger partial charge in [0.25, 0.3) is 0 Å². The third-order valence-electron chi connectivity index (χ3n) is 6.03. The van der Waals surface area contributed by atoms with Crippen molar-refractivity contribution in [2.24, 2.45) is 0 Å². The first kappa shape index (κ1) is 25.2. The van der Waals surface area contributed by atoms with Gasteiger partial charge in [-0.05, 0) is 66.6 Å². The maximum atomic E-state index is 13.6. The fourth-order valence-electron chi connectivity index (χ4n) is 4.03. The maximum Gasteiger partial charge on any atom is 0.322 e. The SMILES string of the molecule is Cc1ccsc1CN(Cc1ccccc1)C(=O)CN(CC1CCCO1)C(=O)Nc1ccc(Cl)cc1. The zero-order chi connectivity index (χ0) is 24.6. The molecule has 1 saturated heterocycles. The van der Waals surface area contributed by atoms with Crippen molar-refractivity contribution in [3.05, 3.63) is 87.1 Å². The first-order chi connectivity index (χ1) is 17.0. The lowest BCUT2D eigenvalue weighted by molar-refractivity contribution is -0.133. The summed E-state index contributed by atoms with van der Waals surface area (Å²) in [5.74, 6) is -0.106. The number of ether oxygens (including phenoxy) is 1. The van der Waals surface area contributed by atoms with Crippen LogP contribution in [0.5, 0.6) is 0 Å². The number of nitrogens with one attached hydrogen (secondary N) is 1. The summed E-state index contributed by atoms with van der Waals surface area (Å²) in [6.07, 6.45) is 1.77. The molecule has 0 radical (unpaired) electrons. The summed E-state index contributed by atoms with van der Waals surface area (Å²) >= 11 is 7.62. The lowest BCUT2D eigenvalue weighted by Crippen LogP contribution is -2.46. The Morgan fingerprint density at radius 3 is 2.49 bits per heavy atom. The second-order valence-electron chi connectivity index (χ2n) is 8.71. The summed E-state index contributed by atoms with van der Waals surface area (Å²) in [6.45, 7) is 4.05. The molecule has 2 aromatic carbocycles. The van der Waals surface area contributed by atoms with Crippen LogP contribution in [0.25, 0.3) is 0 Å². The second kappa shape index (κ2) is 12.2. The molecule has 1 aliphatic heterocycles. The fourth-order valence-corrected chi connectivity index (χ4v) is 5.07. The molecule has 0 bridgehead atoms. The van der Waals surface area contributed by atoms with Crippen LogP contribution in [0.1, 0.15) is 28.8 Å². The van der Waals surface area contributed by atoms with Crippen molar-refractivity contribution in [3.8, 4) is 0 Å². The third-order valence-corrected chi connectivity index (χ3v) is 7.29. The van der Waals surface area contributed by atoms with Gasteiger partial charge in [0.05, 0.1) is 12.6 Å². The van der Waals surface area contributed by atoms with E-state index in [0.29, 0.717) is 37.0 Å². The average Bonchev–Trinajstić information content (AvgIpc) is 3.52. The van der Waals surface area contributed by atoms with Gasteiger partial charge in [-0.3, -0.25) is 4.79 Å². The molecule has 35 heavy (non-hydrogen) atoms. The number of carbonyl (C=O) groups is 2. The Hall–Kier alpha value is -2.87. The van der Waals surface area contributed by atoms with Crippen molar-refractivity contribution in [2.45, 2.75) is 39.0 Å². The minimum absolute atomic E-state index is 0.0312. The van der Waals surface area contributed by atoms with E-state index < -0.39 is 0 Å². The first-order valence-electron chi connectivity index (χ1n) is 11.8. The van der Waals surface area contributed by atoms with Crippen LogP contribution in [-0.2, 0) is 22.6 Å². The van der Waals surface area contributed by atoms with Crippen LogP contribution in [0.15, 0.2) is 66.0 Å². The average molecular weight is 512 g/mol. The van der Waals surface area contributed by atoms with E-state index in [1.54, 1.807) is 40.5 Å². The Balaban J connectivity index is 1.51. The molecule has 1 aromatic heterocycles. The number of hydrogen-bond donors (Lipinski definition) is 1. The van der Waals surface area contributed by atoms with E-state index in [9.17, 15) is 9.59 Å². The Labute approximate surface area is 215 Å². The van der Waals surface area contributed by atoms with Gasteiger partial charge in [-0.1, -0.05) is 41.9 Å². The molecule has 4 rings (SSSR count). The van der Waals surface area contributed by atoms with E-state index in [-0.39, 0.29) is 24.6 Å². The van der Waals surface area contributed by atoms with Crippen molar-refractivity contribution in [1.82, 2.24) is 9.80 Å². The van der Waals surface area contributed by atoms with Crippen LogP contribution in [0.3, 0.4) is 0 Å². The fraction of sp³-hybridized carbons (Fsp3) is 0.333.